The molecule has 0 atom stereocenters. The summed E-state index contributed by atoms with van der Waals surface area (Å²) in [7, 11) is 1.63. The summed E-state index contributed by atoms with van der Waals surface area (Å²) in [6.07, 6.45) is 0. The van der Waals surface area contributed by atoms with Gasteiger partial charge in [-0.25, -0.2) is 0 Å². The minimum atomic E-state index is -0.0465. The zero-order valence-electron chi connectivity index (χ0n) is 15.4. The van der Waals surface area contributed by atoms with Crippen molar-refractivity contribution in [2.45, 2.75) is 25.2 Å². The zero-order chi connectivity index (χ0) is 19.1. The molecule has 0 aliphatic rings. The van der Waals surface area contributed by atoms with Crippen molar-refractivity contribution in [3.63, 3.8) is 0 Å². The fourth-order valence-electron chi connectivity index (χ4n) is 2.58. The van der Waals surface area contributed by atoms with Crippen molar-refractivity contribution in [3.05, 3.63) is 71.5 Å². The number of amides is 1. The Hall–Kier alpha value is -2.80. The van der Waals surface area contributed by atoms with Crippen LogP contribution in [0.3, 0.4) is 0 Å². The molecule has 0 unspecified atom stereocenters. The van der Waals surface area contributed by atoms with Crippen molar-refractivity contribution in [2.75, 3.05) is 12.9 Å². The van der Waals surface area contributed by atoms with E-state index in [2.05, 4.69) is 27.6 Å². The number of aromatic nitrogens is 3. The van der Waals surface area contributed by atoms with Crippen LogP contribution >= 0.6 is 11.8 Å². The molecule has 0 saturated carbocycles. The van der Waals surface area contributed by atoms with Crippen molar-refractivity contribution in [1.29, 1.82) is 0 Å². The second kappa shape index (κ2) is 9.23. The second-order valence-electron chi connectivity index (χ2n) is 6.02. The van der Waals surface area contributed by atoms with Gasteiger partial charge in [0.15, 0.2) is 5.16 Å². The zero-order valence-corrected chi connectivity index (χ0v) is 16.2. The summed E-state index contributed by atoms with van der Waals surface area (Å²) < 4.78 is 7.22. The lowest BCUT2D eigenvalue weighted by molar-refractivity contribution is -0.118. The number of nitrogens with one attached hydrogen (secondary N) is 1. The molecule has 2 aromatic carbocycles. The van der Waals surface area contributed by atoms with E-state index in [1.54, 1.807) is 7.11 Å². The maximum Gasteiger partial charge on any atom is 0.230 e. The number of hydrogen-bond donors (Lipinski definition) is 1. The van der Waals surface area contributed by atoms with Gasteiger partial charge in [0.05, 0.1) is 19.4 Å². The van der Waals surface area contributed by atoms with Crippen molar-refractivity contribution in [2.24, 2.45) is 0 Å². The van der Waals surface area contributed by atoms with E-state index in [0.29, 0.717) is 13.1 Å². The molecule has 0 aliphatic carbocycles. The van der Waals surface area contributed by atoms with Crippen LogP contribution in [0.4, 0.5) is 0 Å². The van der Waals surface area contributed by atoms with Crippen LogP contribution in [0.15, 0.2) is 59.8 Å². The number of thioether (sulfide) groups is 1. The Morgan fingerprint density at radius 2 is 1.89 bits per heavy atom. The third-order valence-electron chi connectivity index (χ3n) is 4.04. The van der Waals surface area contributed by atoms with Crippen LogP contribution in [0.1, 0.15) is 17.0 Å². The van der Waals surface area contributed by atoms with E-state index in [-0.39, 0.29) is 11.7 Å². The number of hydrogen-bond acceptors (Lipinski definition) is 5. The van der Waals surface area contributed by atoms with Gasteiger partial charge < -0.3 is 14.6 Å². The van der Waals surface area contributed by atoms with Crippen LogP contribution in [0, 0.1) is 6.92 Å². The molecular weight excluding hydrogens is 360 g/mol. The van der Waals surface area contributed by atoms with Gasteiger partial charge in [0.2, 0.25) is 5.91 Å². The Kier molecular flexibility index (Phi) is 6.49. The lowest BCUT2D eigenvalue weighted by Crippen LogP contribution is -2.24. The largest absolute Gasteiger partial charge is 0.497 e. The number of carbonyl (C=O) groups is 1. The number of carbonyl (C=O) groups excluding carboxylic acids is 1. The molecule has 0 aliphatic heterocycles. The van der Waals surface area contributed by atoms with Gasteiger partial charge in [-0.3, -0.25) is 4.79 Å². The third kappa shape index (κ3) is 5.34. The summed E-state index contributed by atoms with van der Waals surface area (Å²) in [6.45, 7) is 3.07. The summed E-state index contributed by atoms with van der Waals surface area (Å²) >= 11 is 1.39. The van der Waals surface area contributed by atoms with Crippen LogP contribution in [0.5, 0.6) is 5.75 Å². The van der Waals surface area contributed by atoms with E-state index in [4.69, 9.17) is 4.74 Å². The molecule has 3 aromatic rings. The van der Waals surface area contributed by atoms with E-state index in [0.717, 1.165) is 22.3 Å². The van der Waals surface area contributed by atoms with E-state index in [1.165, 1.54) is 17.3 Å². The number of methoxy groups -OCH3 is 1. The molecular formula is C20H22N4O2S. The number of ether oxygens (including phenoxy) is 1. The first-order valence-corrected chi connectivity index (χ1v) is 9.60. The summed E-state index contributed by atoms with van der Waals surface area (Å²) in [5, 5.41) is 12.0. The molecule has 27 heavy (non-hydrogen) atoms. The van der Waals surface area contributed by atoms with E-state index >= 15 is 0 Å². The van der Waals surface area contributed by atoms with Crippen LogP contribution in [-0.2, 0) is 17.9 Å². The highest BCUT2D eigenvalue weighted by Crippen LogP contribution is 2.18. The summed E-state index contributed by atoms with van der Waals surface area (Å²) in [6, 6.07) is 17.8. The van der Waals surface area contributed by atoms with Crippen molar-refractivity contribution >= 4 is 17.7 Å². The Balaban J connectivity index is 1.54. The lowest BCUT2D eigenvalue weighted by atomic mass is 10.2. The summed E-state index contributed by atoms with van der Waals surface area (Å²) in [5.41, 5.74) is 2.17. The van der Waals surface area contributed by atoms with E-state index in [1.807, 2.05) is 54.0 Å². The Morgan fingerprint density at radius 1 is 1.11 bits per heavy atom. The van der Waals surface area contributed by atoms with E-state index < -0.39 is 0 Å². The fraction of sp³-hybridized carbons (Fsp3) is 0.250. The first-order chi connectivity index (χ1) is 13.2. The Labute approximate surface area is 163 Å². The van der Waals surface area contributed by atoms with Crippen molar-refractivity contribution in [1.82, 2.24) is 20.1 Å². The molecule has 7 heteroatoms. The van der Waals surface area contributed by atoms with Gasteiger partial charge in [-0.15, -0.1) is 10.2 Å². The lowest BCUT2D eigenvalue weighted by Gasteiger charge is -2.09. The van der Waals surface area contributed by atoms with Gasteiger partial charge in [0.25, 0.3) is 0 Å². The normalized spacial score (nSPS) is 10.6. The maximum atomic E-state index is 12.2. The molecule has 6 nitrogen and oxygen atoms in total. The number of rotatable bonds is 8. The molecule has 0 spiro atoms. The maximum absolute atomic E-state index is 12.2. The van der Waals surface area contributed by atoms with Crippen molar-refractivity contribution in [3.8, 4) is 5.75 Å². The van der Waals surface area contributed by atoms with Gasteiger partial charge >= 0.3 is 0 Å². The topological polar surface area (TPSA) is 69.0 Å². The summed E-state index contributed by atoms with van der Waals surface area (Å²) in [4.78, 5) is 12.2. The van der Waals surface area contributed by atoms with Crippen LogP contribution in [0.2, 0.25) is 0 Å². The molecule has 1 N–H and O–H groups in total. The number of benzene rings is 2. The number of nitrogens with zero attached hydrogens (tertiary/aromatic N) is 3. The van der Waals surface area contributed by atoms with Crippen molar-refractivity contribution < 1.29 is 9.53 Å². The molecule has 1 amide bonds. The molecule has 3 rings (SSSR count). The standard InChI is InChI=1S/C20H22N4O2S/c1-15-22-23-20(24(15)13-16-7-4-3-5-8-16)27-14-19(25)21-12-17-9-6-10-18(11-17)26-2/h3-11H,12-14H2,1-2H3,(H,21,25). The first-order valence-electron chi connectivity index (χ1n) is 8.62. The third-order valence-corrected chi connectivity index (χ3v) is 5.01. The van der Waals surface area contributed by atoms with Gasteiger partial charge in [0, 0.05) is 6.54 Å². The highest BCUT2D eigenvalue weighted by Gasteiger charge is 2.12. The minimum Gasteiger partial charge on any atom is -0.497 e. The highest BCUT2D eigenvalue weighted by molar-refractivity contribution is 7.99. The average Bonchev–Trinajstić information content (AvgIpc) is 3.05. The Bertz CT molecular complexity index is 896. The second-order valence-corrected chi connectivity index (χ2v) is 6.96. The van der Waals surface area contributed by atoms with Crippen LogP contribution in [0.25, 0.3) is 0 Å². The van der Waals surface area contributed by atoms with Gasteiger partial charge in [0.1, 0.15) is 11.6 Å². The fourth-order valence-corrected chi connectivity index (χ4v) is 3.39. The monoisotopic (exact) mass is 382 g/mol. The molecule has 0 saturated heterocycles. The molecule has 1 aromatic heterocycles. The molecule has 140 valence electrons. The van der Waals surface area contributed by atoms with Gasteiger partial charge in [-0.05, 0) is 30.2 Å². The van der Waals surface area contributed by atoms with Gasteiger partial charge in [-0.2, -0.15) is 0 Å². The Morgan fingerprint density at radius 3 is 2.67 bits per heavy atom. The molecule has 0 fully saturated rings. The predicted molar refractivity (Wildman–Crippen MR) is 106 cm³/mol. The van der Waals surface area contributed by atoms with Crippen LogP contribution < -0.4 is 10.1 Å². The highest BCUT2D eigenvalue weighted by atomic mass is 32.2. The SMILES string of the molecule is COc1cccc(CNC(=O)CSc2nnc(C)n2Cc2ccccc2)c1. The minimum absolute atomic E-state index is 0.0465. The summed E-state index contributed by atoms with van der Waals surface area (Å²) in [5.74, 6) is 1.85. The quantitative estimate of drug-likeness (QED) is 0.607. The van der Waals surface area contributed by atoms with Gasteiger partial charge in [-0.1, -0.05) is 54.2 Å². The first kappa shape index (κ1) is 19.0. The van der Waals surface area contributed by atoms with Crippen LogP contribution in [-0.4, -0.2) is 33.5 Å². The number of aryl methyl sites for hydroxylation is 1. The average molecular weight is 382 g/mol. The molecule has 1 heterocycles. The predicted octanol–water partition coefficient (Wildman–Crippen LogP) is 3.05. The van der Waals surface area contributed by atoms with E-state index in [9.17, 15) is 4.79 Å². The molecule has 0 radical (unpaired) electrons. The smallest absolute Gasteiger partial charge is 0.230 e. The molecule has 0 bridgehead atoms.